The van der Waals surface area contributed by atoms with Crippen LogP contribution in [0.15, 0.2) is 24.8 Å². The summed E-state index contributed by atoms with van der Waals surface area (Å²) < 4.78 is 6.99. The van der Waals surface area contributed by atoms with E-state index in [0.717, 1.165) is 44.2 Å². The smallest absolute Gasteiger partial charge is 0.350 e. The largest absolute Gasteiger partial charge is 0.465 e. The number of methoxy groups -OCH3 is 1. The van der Waals surface area contributed by atoms with E-state index in [1.807, 2.05) is 4.68 Å². The molecule has 0 saturated heterocycles. The SMILES string of the molecule is COC(=O)c1sc(C2=CCCCC2)cc1NC1CCC(n2cncn2)CC1. The van der Waals surface area contributed by atoms with E-state index in [1.165, 1.54) is 30.4 Å². The van der Waals surface area contributed by atoms with Crippen molar-refractivity contribution >= 4 is 28.6 Å². The van der Waals surface area contributed by atoms with Crippen LogP contribution < -0.4 is 5.32 Å². The molecule has 0 unspecified atom stereocenters. The molecule has 0 radical (unpaired) electrons. The van der Waals surface area contributed by atoms with Gasteiger partial charge in [0.05, 0.1) is 18.8 Å². The van der Waals surface area contributed by atoms with E-state index in [0.29, 0.717) is 17.0 Å². The Morgan fingerprint density at radius 3 is 2.81 bits per heavy atom. The van der Waals surface area contributed by atoms with Crippen molar-refractivity contribution in [1.29, 1.82) is 0 Å². The maximum Gasteiger partial charge on any atom is 0.350 e. The number of nitrogens with zero attached hydrogens (tertiary/aromatic N) is 3. The molecule has 0 aliphatic heterocycles. The van der Waals surface area contributed by atoms with Gasteiger partial charge in [-0.2, -0.15) is 5.10 Å². The van der Waals surface area contributed by atoms with E-state index in [9.17, 15) is 4.79 Å². The van der Waals surface area contributed by atoms with Crippen LogP contribution in [0.4, 0.5) is 5.69 Å². The van der Waals surface area contributed by atoms with Gasteiger partial charge in [-0.05, 0) is 63.0 Å². The molecule has 1 N–H and O–H groups in total. The molecule has 144 valence electrons. The zero-order valence-corrected chi connectivity index (χ0v) is 16.5. The van der Waals surface area contributed by atoms with Gasteiger partial charge in [0.1, 0.15) is 17.5 Å². The molecule has 0 aromatic carbocycles. The van der Waals surface area contributed by atoms with Gasteiger partial charge in [0.15, 0.2) is 0 Å². The van der Waals surface area contributed by atoms with E-state index in [-0.39, 0.29) is 5.97 Å². The van der Waals surface area contributed by atoms with Crippen LogP contribution in [0.3, 0.4) is 0 Å². The number of rotatable bonds is 5. The number of esters is 1. The first-order valence-corrected chi connectivity index (χ1v) is 10.6. The number of carbonyl (C=O) groups excluding carboxylic acids is 1. The van der Waals surface area contributed by atoms with Crippen molar-refractivity contribution < 1.29 is 9.53 Å². The molecule has 2 aliphatic carbocycles. The molecular formula is C20H26N4O2S. The first-order valence-electron chi connectivity index (χ1n) is 9.77. The van der Waals surface area contributed by atoms with Crippen LogP contribution in [-0.4, -0.2) is 33.9 Å². The molecule has 7 heteroatoms. The number of allylic oxidation sites excluding steroid dienone is 2. The topological polar surface area (TPSA) is 69.0 Å². The molecule has 4 rings (SSSR count). The Bertz CT molecular complexity index is 804. The summed E-state index contributed by atoms with van der Waals surface area (Å²) in [6, 6.07) is 2.95. The van der Waals surface area contributed by atoms with Crippen molar-refractivity contribution in [3.05, 3.63) is 34.6 Å². The predicted octanol–water partition coefficient (Wildman–Crippen LogP) is 4.68. The fourth-order valence-corrected chi connectivity index (χ4v) is 5.18. The Morgan fingerprint density at radius 1 is 1.30 bits per heavy atom. The molecule has 27 heavy (non-hydrogen) atoms. The van der Waals surface area contributed by atoms with Crippen molar-refractivity contribution in [2.45, 2.75) is 63.5 Å². The van der Waals surface area contributed by atoms with E-state index in [4.69, 9.17) is 4.74 Å². The molecule has 0 amide bonds. The second-order valence-corrected chi connectivity index (χ2v) is 8.40. The molecule has 1 fully saturated rings. The Morgan fingerprint density at radius 2 is 2.15 bits per heavy atom. The number of hydrogen-bond acceptors (Lipinski definition) is 6. The number of thiophene rings is 1. The van der Waals surface area contributed by atoms with Gasteiger partial charge in [0.2, 0.25) is 0 Å². The summed E-state index contributed by atoms with van der Waals surface area (Å²) in [6.07, 6.45) is 14.7. The Hall–Kier alpha value is -2.15. The van der Waals surface area contributed by atoms with Gasteiger partial charge in [-0.3, -0.25) is 0 Å². The van der Waals surface area contributed by atoms with Gasteiger partial charge in [-0.25, -0.2) is 14.5 Å². The van der Waals surface area contributed by atoms with Crippen LogP contribution in [0.2, 0.25) is 0 Å². The van der Waals surface area contributed by atoms with Gasteiger partial charge in [0.25, 0.3) is 0 Å². The number of nitrogens with one attached hydrogen (secondary N) is 1. The molecule has 2 heterocycles. The first kappa shape index (κ1) is 18.2. The summed E-state index contributed by atoms with van der Waals surface area (Å²) in [6.45, 7) is 0. The van der Waals surface area contributed by atoms with Crippen molar-refractivity contribution in [1.82, 2.24) is 14.8 Å². The van der Waals surface area contributed by atoms with Gasteiger partial charge < -0.3 is 10.1 Å². The van der Waals surface area contributed by atoms with E-state index in [2.05, 4.69) is 27.5 Å². The molecule has 2 aliphatic rings. The maximum atomic E-state index is 12.3. The molecule has 2 aromatic heterocycles. The van der Waals surface area contributed by atoms with Crippen molar-refractivity contribution in [2.75, 3.05) is 12.4 Å². The van der Waals surface area contributed by atoms with Crippen LogP contribution in [0.25, 0.3) is 5.57 Å². The summed E-state index contributed by atoms with van der Waals surface area (Å²) in [4.78, 5) is 18.2. The lowest BCUT2D eigenvalue weighted by atomic mass is 9.91. The molecule has 0 spiro atoms. The minimum Gasteiger partial charge on any atom is -0.465 e. The third kappa shape index (κ3) is 4.08. The fraction of sp³-hybridized carbons (Fsp3) is 0.550. The zero-order chi connectivity index (χ0) is 18.6. The average molecular weight is 387 g/mol. The van der Waals surface area contributed by atoms with Crippen molar-refractivity contribution in [3.63, 3.8) is 0 Å². The van der Waals surface area contributed by atoms with Gasteiger partial charge in [-0.1, -0.05) is 6.08 Å². The lowest BCUT2D eigenvalue weighted by molar-refractivity contribution is 0.0607. The molecule has 1 saturated carbocycles. The van der Waals surface area contributed by atoms with Crippen LogP contribution in [0.5, 0.6) is 0 Å². The molecule has 2 aromatic rings. The second kappa shape index (κ2) is 8.25. The predicted molar refractivity (Wildman–Crippen MR) is 107 cm³/mol. The highest BCUT2D eigenvalue weighted by atomic mass is 32.1. The van der Waals surface area contributed by atoms with E-state index < -0.39 is 0 Å². The summed E-state index contributed by atoms with van der Waals surface area (Å²) in [5.74, 6) is -0.249. The third-order valence-corrected chi connectivity index (χ3v) is 6.77. The second-order valence-electron chi connectivity index (χ2n) is 7.35. The minimum atomic E-state index is -0.249. The number of anilines is 1. The molecule has 6 nitrogen and oxygen atoms in total. The minimum absolute atomic E-state index is 0.249. The normalized spacial score (nSPS) is 22.9. The number of ether oxygens (including phenoxy) is 1. The fourth-order valence-electron chi connectivity index (χ4n) is 4.07. The van der Waals surface area contributed by atoms with Gasteiger partial charge in [-0.15, -0.1) is 11.3 Å². The monoisotopic (exact) mass is 386 g/mol. The first-order chi connectivity index (χ1) is 13.2. The quantitative estimate of drug-likeness (QED) is 0.756. The van der Waals surface area contributed by atoms with E-state index >= 15 is 0 Å². The number of hydrogen-bond donors (Lipinski definition) is 1. The average Bonchev–Trinajstić information content (AvgIpc) is 3.39. The maximum absolute atomic E-state index is 12.3. The van der Waals surface area contributed by atoms with Crippen LogP contribution >= 0.6 is 11.3 Å². The Kier molecular flexibility index (Phi) is 5.57. The highest BCUT2D eigenvalue weighted by molar-refractivity contribution is 7.15. The van der Waals surface area contributed by atoms with Crippen LogP contribution in [0, 0.1) is 0 Å². The highest BCUT2D eigenvalue weighted by Gasteiger charge is 2.26. The van der Waals surface area contributed by atoms with Gasteiger partial charge in [0, 0.05) is 10.9 Å². The summed E-state index contributed by atoms with van der Waals surface area (Å²) >= 11 is 1.56. The molecule has 0 bridgehead atoms. The number of carbonyl (C=O) groups is 1. The van der Waals surface area contributed by atoms with Crippen molar-refractivity contribution in [2.24, 2.45) is 0 Å². The molecular weight excluding hydrogens is 360 g/mol. The van der Waals surface area contributed by atoms with E-state index in [1.54, 1.807) is 24.0 Å². The lowest BCUT2D eigenvalue weighted by Gasteiger charge is -2.29. The Labute approximate surface area is 163 Å². The third-order valence-electron chi connectivity index (χ3n) is 5.58. The number of aromatic nitrogens is 3. The standard InChI is InChI=1S/C20H26N4O2S/c1-26-20(25)19-17(11-18(27-19)14-5-3-2-4-6-14)23-15-7-9-16(10-8-15)24-13-21-12-22-24/h5,11-13,15-16,23H,2-4,6-10H2,1H3. The lowest BCUT2D eigenvalue weighted by Crippen LogP contribution is -2.28. The Balaban J connectivity index is 1.47. The zero-order valence-electron chi connectivity index (χ0n) is 15.7. The summed E-state index contributed by atoms with van der Waals surface area (Å²) in [5.41, 5.74) is 2.30. The van der Waals surface area contributed by atoms with Gasteiger partial charge >= 0.3 is 5.97 Å². The summed E-state index contributed by atoms with van der Waals surface area (Å²) in [7, 11) is 1.45. The highest BCUT2D eigenvalue weighted by Crippen LogP contribution is 2.38. The van der Waals surface area contributed by atoms with Crippen molar-refractivity contribution in [3.8, 4) is 0 Å². The van der Waals surface area contributed by atoms with Crippen LogP contribution in [-0.2, 0) is 4.74 Å². The van der Waals surface area contributed by atoms with Crippen LogP contribution in [0.1, 0.15) is 72.0 Å². The molecule has 0 atom stereocenters. The summed E-state index contributed by atoms with van der Waals surface area (Å²) in [5, 5.41) is 7.90.